The van der Waals surface area contributed by atoms with Crippen LogP contribution in [0.2, 0.25) is 10.0 Å². The van der Waals surface area contributed by atoms with Crippen LogP contribution in [0, 0.1) is 0 Å². The molecule has 0 bridgehead atoms. The van der Waals surface area contributed by atoms with E-state index in [0.29, 0.717) is 10.0 Å². The third kappa shape index (κ3) is 4.67. The highest BCUT2D eigenvalue weighted by molar-refractivity contribution is 6.42. The van der Waals surface area contributed by atoms with Gasteiger partial charge in [0.1, 0.15) is 0 Å². The predicted molar refractivity (Wildman–Crippen MR) is 111 cm³/mol. The fourth-order valence-corrected chi connectivity index (χ4v) is 2.79. The lowest BCUT2D eigenvalue weighted by atomic mass is 10.1. The number of nitrogens with zero attached hydrogens (tertiary/aromatic N) is 2. The third-order valence-corrected chi connectivity index (χ3v) is 4.43. The van der Waals surface area contributed by atoms with E-state index in [-0.39, 0.29) is 24.8 Å². The second-order valence-electron chi connectivity index (χ2n) is 5.21. The number of likely N-dealkylation sites (N-methyl/N-ethyl adjacent to an activating group) is 1. The summed E-state index contributed by atoms with van der Waals surface area (Å²) < 4.78 is 0. The molecule has 1 aliphatic rings. The lowest BCUT2D eigenvalue weighted by Gasteiger charge is -2.18. The SMILES string of the molecule is CN1CCN=C(/C=C/c2ccc(Cl)c(Cl)c2)c2ccccc21.Cl.Cl. The van der Waals surface area contributed by atoms with Crippen molar-refractivity contribution >= 4 is 65.5 Å². The Labute approximate surface area is 165 Å². The Balaban J connectivity index is 0.00000144. The number of rotatable bonds is 2. The predicted octanol–water partition coefficient (Wildman–Crippen LogP) is 5.79. The number of benzene rings is 2. The van der Waals surface area contributed by atoms with Gasteiger partial charge in [0.25, 0.3) is 0 Å². The summed E-state index contributed by atoms with van der Waals surface area (Å²) in [5.41, 5.74) is 4.36. The summed E-state index contributed by atoms with van der Waals surface area (Å²) in [7, 11) is 2.10. The summed E-state index contributed by atoms with van der Waals surface area (Å²) >= 11 is 12.0. The molecule has 0 amide bonds. The molecule has 2 nitrogen and oxygen atoms in total. The summed E-state index contributed by atoms with van der Waals surface area (Å²) in [6.07, 6.45) is 4.06. The van der Waals surface area contributed by atoms with Crippen molar-refractivity contribution in [2.75, 3.05) is 25.0 Å². The lowest BCUT2D eigenvalue weighted by Crippen LogP contribution is -2.20. The van der Waals surface area contributed by atoms with Gasteiger partial charge in [-0.1, -0.05) is 53.5 Å². The minimum Gasteiger partial charge on any atom is -0.372 e. The van der Waals surface area contributed by atoms with Crippen LogP contribution in [0.3, 0.4) is 0 Å². The average Bonchev–Trinajstić information content (AvgIpc) is 2.68. The van der Waals surface area contributed by atoms with Crippen molar-refractivity contribution in [3.05, 3.63) is 69.7 Å². The Hall–Kier alpha value is -1.19. The van der Waals surface area contributed by atoms with E-state index < -0.39 is 0 Å². The van der Waals surface area contributed by atoms with E-state index in [9.17, 15) is 0 Å². The van der Waals surface area contributed by atoms with Gasteiger partial charge in [-0.15, -0.1) is 24.8 Å². The molecule has 1 aliphatic heterocycles. The van der Waals surface area contributed by atoms with Gasteiger partial charge in [-0.3, -0.25) is 4.99 Å². The summed E-state index contributed by atoms with van der Waals surface area (Å²) in [6, 6.07) is 13.9. The number of halogens is 4. The topological polar surface area (TPSA) is 15.6 Å². The van der Waals surface area contributed by atoms with E-state index in [0.717, 1.165) is 29.9 Å². The third-order valence-electron chi connectivity index (χ3n) is 3.69. The molecule has 0 aliphatic carbocycles. The van der Waals surface area contributed by atoms with Crippen LogP contribution in [0.4, 0.5) is 5.69 Å². The molecule has 24 heavy (non-hydrogen) atoms. The fraction of sp³-hybridized carbons (Fsp3) is 0.167. The maximum atomic E-state index is 6.06. The number of hydrogen-bond donors (Lipinski definition) is 0. The van der Waals surface area contributed by atoms with Crippen LogP contribution in [-0.2, 0) is 0 Å². The van der Waals surface area contributed by atoms with Crippen LogP contribution < -0.4 is 4.90 Å². The highest BCUT2D eigenvalue weighted by Gasteiger charge is 2.13. The Morgan fingerprint density at radius 2 is 1.75 bits per heavy atom. The number of aliphatic imine (C=N–C) groups is 1. The normalized spacial score (nSPS) is 13.5. The zero-order valence-corrected chi connectivity index (χ0v) is 16.2. The van der Waals surface area contributed by atoms with Crippen molar-refractivity contribution in [2.45, 2.75) is 0 Å². The zero-order chi connectivity index (χ0) is 15.5. The molecule has 0 spiro atoms. The van der Waals surface area contributed by atoms with Gasteiger partial charge < -0.3 is 4.90 Å². The van der Waals surface area contributed by atoms with Gasteiger partial charge in [-0.2, -0.15) is 0 Å². The highest BCUT2D eigenvalue weighted by atomic mass is 35.5. The molecule has 0 fully saturated rings. The number of hydrogen-bond acceptors (Lipinski definition) is 2. The van der Waals surface area contributed by atoms with Crippen LogP contribution in [0.5, 0.6) is 0 Å². The Morgan fingerprint density at radius 1 is 1.00 bits per heavy atom. The van der Waals surface area contributed by atoms with Crippen LogP contribution in [0.25, 0.3) is 6.08 Å². The number of fused-ring (bicyclic) bond motifs is 1. The zero-order valence-electron chi connectivity index (χ0n) is 13.1. The molecule has 128 valence electrons. The smallest absolute Gasteiger partial charge is 0.0668 e. The number of anilines is 1. The molecular weight excluding hydrogens is 386 g/mol. The van der Waals surface area contributed by atoms with E-state index >= 15 is 0 Å². The molecule has 0 unspecified atom stereocenters. The molecule has 1 heterocycles. The van der Waals surface area contributed by atoms with E-state index in [2.05, 4.69) is 30.1 Å². The molecule has 0 saturated heterocycles. The van der Waals surface area contributed by atoms with Gasteiger partial charge in [-0.25, -0.2) is 0 Å². The van der Waals surface area contributed by atoms with Crippen LogP contribution in [0.1, 0.15) is 11.1 Å². The van der Waals surface area contributed by atoms with Gasteiger partial charge in [-0.05, 0) is 29.8 Å². The summed E-state index contributed by atoms with van der Waals surface area (Å²) in [5.74, 6) is 0. The molecule has 3 rings (SSSR count). The Kier molecular flexibility index (Phi) is 8.11. The van der Waals surface area contributed by atoms with Gasteiger partial charge >= 0.3 is 0 Å². The molecule has 2 aromatic rings. The first-order chi connectivity index (χ1) is 10.6. The second-order valence-corrected chi connectivity index (χ2v) is 6.03. The quantitative estimate of drug-likeness (QED) is 0.619. The van der Waals surface area contributed by atoms with Crippen molar-refractivity contribution in [2.24, 2.45) is 4.99 Å². The molecule has 0 N–H and O–H groups in total. The maximum Gasteiger partial charge on any atom is 0.0668 e. The second kappa shape index (κ2) is 9.33. The van der Waals surface area contributed by atoms with Crippen molar-refractivity contribution < 1.29 is 0 Å². The molecule has 0 atom stereocenters. The van der Waals surface area contributed by atoms with Crippen molar-refractivity contribution in [1.82, 2.24) is 0 Å². The van der Waals surface area contributed by atoms with E-state index in [1.165, 1.54) is 5.69 Å². The molecule has 0 radical (unpaired) electrons. The van der Waals surface area contributed by atoms with Gasteiger partial charge in [0, 0.05) is 24.8 Å². The molecule has 6 heteroatoms. The minimum atomic E-state index is 0. The van der Waals surface area contributed by atoms with E-state index in [4.69, 9.17) is 28.2 Å². The summed E-state index contributed by atoms with van der Waals surface area (Å²) in [4.78, 5) is 6.93. The van der Waals surface area contributed by atoms with Crippen molar-refractivity contribution in [3.8, 4) is 0 Å². The Bertz CT molecular complexity index is 756. The number of benzodiazepines with no additional fused rings is 1. The first-order valence-electron chi connectivity index (χ1n) is 7.13. The van der Waals surface area contributed by atoms with Crippen LogP contribution in [0.15, 0.2) is 53.5 Å². The lowest BCUT2D eigenvalue weighted by molar-refractivity contribution is 0.897. The van der Waals surface area contributed by atoms with E-state index in [1.54, 1.807) is 6.07 Å². The molecule has 2 aromatic carbocycles. The summed E-state index contributed by atoms with van der Waals surface area (Å²) in [5, 5.41) is 1.13. The van der Waals surface area contributed by atoms with Gasteiger partial charge in [0.05, 0.1) is 22.3 Å². The van der Waals surface area contributed by atoms with E-state index in [1.807, 2.05) is 30.4 Å². The first-order valence-corrected chi connectivity index (χ1v) is 7.89. The fourth-order valence-electron chi connectivity index (χ4n) is 2.48. The standard InChI is InChI=1S/C18H16Cl2N2.2ClH/c1-22-11-10-21-17(14-4-2-3-5-18(14)22)9-7-13-6-8-15(19)16(20)12-13;;/h2-9,12H,10-11H2,1H3;2*1H/b9-7+;;. The number of para-hydroxylation sites is 1. The average molecular weight is 404 g/mol. The van der Waals surface area contributed by atoms with Crippen molar-refractivity contribution in [1.29, 1.82) is 0 Å². The van der Waals surface area contributed by atoms with Crippen LogP contribution >= 0.6 is 48.0 Å². The number of allylic oxidation sites excluding steroid dienone is 1. The monoisotopic (exact) mass is 402 g/mol. The van der Waals surface area contributed by atoms with Crippen molar-refractivity contribution in [3.63, 3.8) is 0 Å². The largest absolute Gasteiger partial charge is 0.372 e. The maximum absolute atomic E-state index is 6.06. The Morgan fingerprint density at radius 3 is 2.50 bits per heavy atom. The highest BCUT2D eigenvalue weighted by Crippen LogP contribution is 2.25. The van der Waals surface area contributed by atoms with Gasteiger partial charge in [0.15, 0.2) is 0 Å². The summed E-state index contributed by atoms with van der Waals surface area (Å²) in [6.45, 7) is 1.70. The van der Waals surface area contributed by atoms with Crippen LogP contribution in [-0.4, -0.2) is 25.8 Å². The molecule has 0 aromatic heterocycles. The molecular formula is C18H18Cl4N2. The first kappa shape index (κ1) is 20.9. The van der Waals surface area contributed by atoms with Gasteiger partial charge in [0.2, 0.25) is 0 Å². The minimum absolute atomic E-state index is 0. The molecule has 0 saturated carbocycles.